The van der Waals surface area contributed by atoms with Crippen LogP contribution in [0.15, 0.2) is 22.7 Å². The molecular formula is C15H16BrNO3. The van der Waals surface area contributed by atoms with Gasteiger partial charge in [0, 0.05) is 11.1 Å². The van der Waals surface area contributed by atoms with E-state index in [2.05, 4.69) is 20.9 Å². The van der Waals surface area contributed by atoms with E-state index in [1.165, 1.54) is 13.8 Å². The number of hydrogen-bond donors (Lipinski definition) is 1. The van der Waals surface area contributed by atoms with E-state index in [9.17, 15) is 4.79 Å². The van der Waals surface area contributed by atoms with Crippen LogP contribution in [0.3, 0.4) is 0 Å². The highest BCUT2D eigenvalue weighted by Gasteiger charge is 2.30. The highest BCUT2D eigenvalue weighted by molar-refractivity contribution is 9.10. The van der Waals surface area contributed by atoms with Crippen LogP contribution in [-0.2, 0) is 4.79 Å². The van der Waals surface area contributed by atoms with Gasteiger partial charge in [0.1, 0.15) is 5.75 Å². The van der Waals surface area contributed by atoms with E-state index >= 15 is 0 Å². The minimum atomic E-state index is -1.29. The maximum atomic E-state index is 11.2. The van der Waals surface area contributed by atoms with Gasteiger partial charge in [0.15, 0.2) is 5.60 Å². The highest BCUT2D eigenvalue weighted by atomic mass is 79.9. The number of pyridine rings is 1. The van der Waals surface area contributed by atoms with Crippen LogP contribution in [0.25, 0.3) is 10.9 Å². The van der Waals surface area contributed by atoms with Crippen LogP contribution in [0, 0.1) is 13.8 Å². The normalized spacial score (nSPS) is 11.7. The van der Waals surface area contributed by atoms with Crippen LogP contribution >= 0.6 is 15.9 Å². The Morgan fingerprint density at radius 3 is 2.60 bits per heavy atom. The van der Waals surface area contributed by atoms with E-state index in [0.29, 0.717) is 5.75 Å². The molecule has 0 aliphatic carbocycles. The number of carbonyl (C=O) groups is 1. The average Bonchev–Trinajstić information content (AvgIpc) is 2.31. The van der Waals surface area contributed by atoms with Gasteiger partial charge in [0.2, 0.25) is 0 Å². The van der Waals surface area contributed by atoms with E-state index in [1.54, 1.807) is 6.07 Å². The molecule has 0 unspecified atom stereocenters. The summed E-state index contributed by atoms with van der Waals surface area (Å²) in [5.41, 5.74) is 1.58. The van der Waals surface area contributed by atoms with Gasteiger partial charge in [-0.05, 0) is 67.4 Å². The van der Waals surface area contributed by atoms with Gasteiger partial charge in [-0.3, -0.25) is 4.98 Å². The lowest BCUT2D eigenvalue weighted by Gasteiger charge is -2.23. The Morgan fingerprint density at radius 1 is 1.35 bits per heavy atom. The molecule has 1 aromatic carbocycles. The molecule has 1 N–H and O–H groups in total. The predicted octanol–water partition coefficient (Wildman–Crippen LogP) is 3.86. The fourth-order valence-corrected chi connectivity index (χ4v) is 2.75. The average molecular weight is 338 g/mol. The van der Waals surface area contributed by atoms with Gasteiger partial charge in [0.05, 0.1) is 9.99 Å². The Labute approximate surface area is 125 Å². The Balaban J connectivity index is 2.58. The molecule has 0 aliphatic rings. The maximum absolute atomic E-state index is 11.2. The fraction of sp³-hybridized carbons (Fsp3) is 0.333. The number of aliphatic carboxylic acids is 1. The van der Waals surface area contributed by atoms with Crippen LogP contribution < -0.4 is 4.74 Å². The molecule has 1 heterocycles. The van der Waals surface area contributed by atoms with E-state index in [1.807, 2.05) is 26.0 Å². The molecule has 0 saturated heterocycles. The first-order chi connectivity index (χ1) is 9.22. The molecule has 0 saturated carbocycles. The highest BCUT2D eigenvalue weighted by Crippen LogP contribution is 2.36. The van der Waals surface area contributed by atoms with E-state index in [4.69, 9.17) is 9.84 Å². The van der Waals surface area contributed by atoms with Crippen molar-refractivity contribution in [1.29, 1.82) is 0 Å². The van der Waals surface area contributed by atoms with E-state index < -0.39 is 11.6 Å². The summed E-state index contributed by atoms with van der Waals surface area (Å²) in [6.45, 7) is 6.98. The maximum Gasteiger partial charge on any atom is 0.347 e. The summed E-state index contributed by atoms with van der Waals surface area (Å²) in [5.74, 6) is -0.512. The van der Waals surface area contributed by atoms with Gasteiger partial charge >= 0.3 is 5.97 Å². The molecule has 20 heavy (non-hydrogen) atoms. The molecule has 0 aliphatic heterocycles. The minimum absolute atomic E-state index is 0.499. The van der Waals surface area contributed by atoms with Gasteiger partial charge in [-0.2, -0.15) is 0 Å². The Hall–Kier alpha value is -1.62. The van der Waals surface area contributed by atoms with Crippen molar-refractivity contribution in [1.82, 2.24) is 4.98 Å². The van der Waals surface area contributed by atoms with Gasteiger partial charge < -0.3 is 9.84 Å². The number of benzene rings is 1. The molecule has 0 bridgehead atoms. The summed E-state index contributed by atoms with van der Waals surface area (Å²) < 4.78 is 6.34. The number of carboxylic acids is 1. The van der Waals surface area contributed by atoms with E-state index in [0.717, 1.165) is 26.6 Å². The van der Waals surface area contributed by atoms with Crippen molar-refractivity contribution in [3.63, 3.8) is 0 Å². The first-order valence-corrected chi connectivity index (χ1v) is 7.00. The molecule has 0 radical (unpaired) electrons. The first-order valence-electron chi connectivity index (χ1n) is 6.21. The number of carboxylic acid groups (broad SMARTS) is 1. The molecule has 1 aromatic heterocycles. The fourth-order valence-electron chi connectivity index (χ4n) is 2.02. The largest absolute Gasteiger partial charge is 0.478 e. The molecule has 0 atom stereocenters. The lowest BCUT2D eigenvalue weighted by atomic mass is 10.1. The summed E-state index contributed by atoms with van der Waals surface area (Å²) >= 11 is 3.50. The predicted molar refractivity (Wildman–Crippen MR) is 81.3 cm³/mol. The van der Waals surface area contributed by atoms with Crippen LogP contribution in [0.1, 0.15) is 25.1 Å². The monoisotopic (exact) mass is 337 g/mol. The number of ether oxygens (including phenoxy) is 1. The summed E-state index contributed by atoms with van der Waals surface area (Å²) in [4.78, 5) is 15.6. The van der Waals surface area contributed by atoms with Gasteiger partial charge in [-0.15, -0.1) is 0 Å². The van der Waals surface area contributed by atoms with Crippen molar-refractivity contribution < 1.29 is 14.6 Å². The number of aromatic nitrogens is 1. The Morgan fingerprint density at radius 2 is 2.00 bits per heavy atom. The third kappa shape index (κ3) is 2.63. The number of hydrogen-bond acceptors (Lipinski definition) is 3. The second-order valence-electron chi connectivity index (χ2n) is 5.27. The van der Waals surface area contributed by atoms with Crippen LogP contribution in [-0.4, -0.2) is 21.7 Å². The third-order valence-corrected chi connectivity index (χ3v) is 3.87. The Bertz CT molecular complexity index is 695. The van der Waals surface area contributed by atoms with Crippen molar-refractivity contribution in [2.75, 3.05) is 0 Å². The van der Waals surface area contributed by atoms with Crippen molar-refractivity contribution in [2.24, 2.45) is 0 Å². The summed E-state index contributed by atoms with van der Waals surface area (Å²) in [5, 5.41) is 10.1. The summed E-state index contributed by atoms with van der Waals surface area (Å²) in [7, 11) is 0. The molecule has 0 amide bonds. The summed E-state index contributed by atoms with van der Waals surface area (Å²) in [6, 6.07) is 5.57. The minimum Gasteiger partial charge on any atom is -0.478 e. The molecule has 4 nitrogen and oxygen atoms in total. The topological polar surface area (TPSA) is 59.4 Å². The molecule has 2 rings (SSSR count). The lowest BCUT2D eigenvalue weighted by molar-refractivity contribution is -0.152. The second-order valence-corrected chi connectivity index (χ2v) is 6.06. The third-order valence-electron chi connectivity index (χ3n) is 3.08. The molecule has 2 aromatic rings. The van der Waals surface area contributed by atoms with Gasteiger partial charge in [0.25, 0.3) is 0 Å². The van der Waals surface area contributed by atoms with Gasteiger partial charge in [-0.25, -0.2) is 4.79 Å². The molecule has 5 heteroatoms. The Kier molecular flexibility index (Phi) is 3.73. The molecular weight excluding hydrogens is 322 g/mol. The number of aryl methyl sites for hydroxylation is 2. The number of halogens is 1. The number of fused-ring (bicyclic) bond motifs is 1. The zero-order valence-electron chi connectivity index (χ0n) is 11.8. The molecule has 0 spiro atoms. The van der Waals surface area contributed by atoms with Crippen LogP contribution in [0.4, 0.5) is 0 Å². The number of rotatable bonds is 3. The number of nitrogens with zero attached hydrogens (tertiary/aromatic N) is 1. The van der Waals surface area contributed by atoms with Gasteiger partial charge in [-0.1, -0.05) is 0 Å². The summed E-state index contributed by atoms with van der Waals surface area (Å²) in [6.07, 6.45) is 0. The SMILES string of the molecule is Cc1cc(C)c2c(Br)c(OC(C)(C)C(=O)O)ccc2n1. The quantitative estimate of drug-likeness (QED) is 0.923. The standard InChI is InChI=1S/C15H16BrNO3/c1-8-7-9(2)17-10-5-6-11(13(16)12(8)10)20-15(3,4)14(18)19/h5-7H,1-4H3,(H,18,19). The smallest absolute Gasteiger partial charge is 0.347 e. The van der Waals surface area contributed by atoms with Crippen molar-refractivity contribution in [2.45, 2.75) is 33.3 Å². The zero-order valence-corrected chi connectivity index (χ0v) is 13.4. The first kappa shape index (κ1) is 14.8. The molecule has 106 valence electrons. The van der Waals surface area contributed by atoms with Crippen LogP contribution in [0.2, 0.25) is 0 Å². The lowest BCUT2D eigenvalue weighted by Crippen LogP contribution is -2.38. The second kappa shape index (κ2) is 5.05. The van der Waals surface area contributed by atoms with Crippen molar-refractivity contribution in [3.8, 4) is 5.75 Å². The zero-order chi connectivity index (χ0) is 15.1. The van der Waals surface area contributed by atoms with Crippen LogP contribution in [0.5, 0.6) is 5.75 Å². The van der Waals surface area contributed by atoms with Crippen molar-refractivity contribution >= 4 is 32.8 Å². The van der Waals surface area contributed by atoms with Crippen molar-refractivity contribution in [3.05, 3.63) is 33.9 Å². The molecule has 0 fully saturated rings. The van der Waals surface area contributed by atoms with E-state index in [-0.39, 0.29) is 0 Å².